The number of hydrogen-bond donors (Lipinski definition) is 0. The van der Waals surface area contributed by atoms with Gasteiger partial charge in [-0.15, -0.1) is 0 Å². The van der Waals surface area contributed by atoms with Gasteiger partial charge in [0, 0.05) is 15.6 Å². The van der Waals surface area contributed by atoms with E-state index in [0.29, 0.717) is 5.56 Å². The van der Waals surface area contributed by atoms with Crippen molar-refractivity contribution in [1.82, 2.24) is 0 Å². The smallest absolute Gasteiger partial charge is 0.241 e. The number of hydrogen-bond acceptors (Lipinski definition) is 5. The van der Waals surface area contributed by atoms with E-state index >= 15 is 0 Å². The van der Waals surface area contributed by atoms with Crippen molar-refractivity contribution in [2.45, 2.75) is 11.7 Å². The lowest BCUT2D eigenvalue weighted by molar-refractivity contribution is -0.127. The molecule has 35 heavy (non-hydrogen) atoms. The van der Waals surface area contributed by atoms with Gasteiger partial charge in [-0.3, -0.25) is 19.2 Å². The number of amides is 2. The molecule has 2 fully saturated rings. The van der Waals surface area contributed by atoms with E-state index in [2.05, 4.69) is 15.9 Å². The lowest BCUT2D eigenvalue weighted by Crippen LogP contribution is -2.51. The Balaban J connectivity index is 1.54. The summed E-state index contributed by atoms with van der Waals surface area (Å²) in [6, 6.07) is 17.8. The zero-order valence-corrected chi connectivity index (χ0v) is 20.8. The van der Waals surface area contributed by atoms with Crippen LogP contribution in [-0.2, 0) is 14.3 Å². The van der Waals surface area contributed by atoms with E-state index in [4.69, 9.17) is 27.9 Å². The Hall–Kier alpha value is -2.84. The molecule has 6 nitrogen and oxygen atoms in total. The number of halogens is 3. The molecule has 3 aromatic carbocycles. The number of Topliss-reactive ketones (excluding diaryl/α,β-unsaturated/α-hetero) is 2. The van der Waals surface area contributed by atoms with Gasteiger partial charge in [0.2, 0.25) is 29.0 Å². The van der Waals surface area contributed by atoms with Gasteiger partial charge in [0.15, 0.2) is 0 Å². The van der Waals surface area contributed by atoms with Gasteiger partial charge < -0.3 is 4.74 Å². The summed E-state index contributed by atoms with van der Waals surface area (Å²) in [5.74, 6) is -4.88. The lowest BCUT2D eigenvalue weighted by Gasteiger charge is -2.27. The largest absolute Gasteiger partial charge is 0.349 e. The molecule has 2 heterocycles. The monoisotopic (exact) mass is 569 g/mol. The molecular formula is C26H14BrCl2NO5. The molecule has 1 spiro atoms. The average molecular weight is 571 g/mol. The molecular weight excluding hydrogens is 557 g/mol. The van der Waals surface area contributed by atoms with Gasteiger partial charge >= 0.3 is 0 Å². The fraction of sp³-hybridized carbons (Fsp3) is 0.154. The molecule has 6 rings (SSSR count). The minimum absolute atomic E-state index is 0.165. The highest BCUT2D eigenvalue weighted by molar-refractivity contribution is 9.10. The van der Waals surface area contributed by atoms with E-state index in [1.54, 1.807) is 36.4 Å². The standard InChI is InChI=1S/C26H14BrCl2NO5/c27-13-7-5-12(6-8-13)21-19-20(25(34)30(24(19)33)14-9-10-17(28)18(29)11-14)26(35-21)22(31)15-3-1-2-4-16(15)23(26)32/h1-11,19-21H/t19-,20+,21+/m0/s1. The Morgan fingerprint density at radius 1 is 0.800 bits per heavy atom. The molecule has 0 radical (unpaired) electrons. The number of carbonyl (C=O) groups is 4. The normalized spacial score (nSPS) is 24.4. The van der Waals surface area contributed by atoms with Crippen molar-refractivity contribution >= 4 is 68.2 Å². The maximum Gasteiger partial charge on any atom is 0.241 e. The van der Waals surface area contributed by atoms with Gasteiger partial charge in [-0.2, -0.15) is 0 Å². The van der Waals surface area contributed by atoms with Crippen LogP contribution in [0.2, 0.25) is 10.0 Å². The van der Waals surface area contributed by atoms with Crippen molar-refractivity contribution in [3.63, 3.8) is 0 Å². The Kier molecular flexibility index (Phi) is 5.06. The fourth-order valence-corrected chi connectivity index (χ4v) is 5.91. The van der Waals surface area contributed by atoms with Crippen LogP contribution in [0.3, 0.4) is 0 Å². The number of fused-ring (bicyclic) bond motifs is 3. The first kappa shape index (κ1) is 22.6. The first-order chi connectivity index (χ1) is 16.8. The van der Waals surface area contributed by atoms with Crippen LogP contribution < -0.4 is 4.90 Å². The second-order valence-corrected chi connectivity index (χ2v) is 10.4. The van der Waals surface area contributed by atoms with Crippen LogP contribution in [0.5, 0.6) is 0 Å². The zero-order chi connectivity index (χ0) is 24.6. The predicted molar refractivity (Wildman–Crippen MR) is 132 cm³/mol. The highest BCUT2D eigenvalue weighted by Crippen LogP contribution is 2.57. The zero-order valence-electron chi connectivity index (χ0n) is 17.7. The van der Waals surface area contributed by atoms with Crippen LogP contribution in [0.25, 0.3) is 0 Å². The van der Waals surface area contributed by atoms with Crippen molar-refractivity contribution in [1.29, 1.82) is 0 Å². The average Bonchev–Trinajstić information content (AvgIpc) is 3.41. The highest BCUT2D eigenvalue weighted by atomic mass is 79.9. The Bertz CT molecular complexity index is 1440. The lowest BCUT2D eigenvalue weighted by atomic mass is 9.77. The molecule has 2 saturated heterocycles. The van der Waals surface area contributed by atoms with Gasteiger partial charge in [-0.1, -0.05) is 75.5 Å². The second-order valence-electron chi connectivity index (χ2n) is 8.64. The molecule has 9 heteroatoms. The van der Waals surface area contributed by atoms with Crippen LogP contribution in [0.1, 0.15) is 32.4 Å². The minimum Gasteiger partial charge on any atom is -0.349 e. The molecule has 2 amide bonds. The van der Waals surface area contributed by atoms with Crippen LogP contribution in [-0.4, -0.2) is 29.0 Å². The molecule has 0 unspecified atom stereocenters. The van der Waals surface area contributed by atoms with Crippen LogP contribution in [0.4, 0.5) is 5.69 Å². The van der Waals surface area contributed by atoms with Gasteiger partial charge in [0.05, 0.1) is 33.7 Å². The first-order valence-corrected chi connectivity index (χ1v) is 12.3. The van der Waals surface area contributed by atoms with Gasteiger partial charge in [0.1, 0.15) is 0 Å². The van der Waals surface area contributed by atoms with Gasteiger partial charge in [-0.25, -0.2) is 4.90 Å². The molecule has 0 bridgehead atoms. The maximum atomic E-state index is 13.9. The molecule has 2 aliphatic heterocycles. The predicted octanol–water partition coefficient (Wildman–Crippen LogP) is 5.45. The number of anilines is 1. The SMILES string of the molecule is O=C1[C@@H]2[C@@H](c3ccc(Br)cc3)OC3(C(=O)c4ccccc4C3=O)[C@H]2C(=O)N1c1ccc(Cl)c(Cl)c1. The number of nitrogens with zero attached hydrogens (tertiary/aromatic N) is 1. The van der Waals surface area contributed by atoms with E-state index in [1.165, 1.54) is 30.3 Å². The number of carbonyl (C=O) groups excluding carboxylic acids is 4. The third-order valence-electron chi connectivity index (χ3n) is 6.88. The number of rotatable bonds is 2. The Morgan fingerprint density at radius 2 is 1.43 bits per heavy atom. The summed E-state index contributed by atoms with van der Waals surface area (Å²) >= 11 is 15.6. The number of ether oxygens (including phenoxy) is 1. The highest BCUT2D eigenvalue weighted by Gasteiger charge is 2.74. The van der Waals surface area contributed by atoms with Crippen molar-refractivity contribution < 1.29 is 23.9 Å². The molecule has 3 aliphatic rings. The van der Waals surface area contributed by atoms with Crippen molar-refractivity contribution in [2.75, 3.05) is 4.90 Å². The topological polar surface area (TPSA) is 80.8 Å². The first-order valence-electron chi connectivity index (χ1n) is 10.7. The number of ketones is 2. The summed E-state index contributed by atoms with van der Waals surface area (Å²) in [6.07, 6.45) is -0.987. The third kappa shape index (κ3) is 2.99. The van der Waals surface area contributed by atoms with Crippen LogP contribution in [0.15, 0.2) is 71.2 Å². The molecule has 174 valence electrons. The summed E-state index contributed by atoms with van der Waals surface area (Å²) < 4.78 is 7.05. The van der Waals surface area contributed by atoms with Crippen LogP contribution >= 0.6 is 39.1 Å². The summed E-state index contributed by atoms with van der Waals surface area (Å²) in [5.41, 5.74) is -0.969. The second kappa shape index (κ2) is 7.83. The Labute approximate surface area is 217 Å². The molecule has 3 aromatic rings. The summed E-state index contributed by atoms with van der Waals surface area (Å²) in [6.45, 7) is 0. The van der Waals surface area contributed by atoms with Crippen LogP contribution in [0, 0.1) is 11.8 Å². The Morgan fingerprint density at radius 3 is 2.03 bits per heavy atom. The van der Waals surface area contributed by atoms with E-state index in [1.807, 2.05) is 0 Å². The quantitative estimate of drug-likeness (QED) is 0.302. The van der Waals surface area contributed by atoms with E-state index in [-0.39, 0.29) is 26.9 Å². The van der Waals surface area contributed by atoms with E-state index < -0.39 is 46.9 Å². The van der Waals surface area contributed by atoms with Gasteiger partial charge in [-0.05, 0) is 35.9 Å². The van der Waals surface area contributed by atoms with Crippen molar-refractivity contribution in [3.05, 3.63) is 97.9 Å². The summed E-state index contributed by atoms with van der Waals surface area (Å²) in [4.78, 5) is 56.1. The number of benzene rings is 3. The summed E-state index contributed by atoms with van der Waals surface area (Å²) in [7, 11) is 0. The maximum absolute atomic E-state index is 13.9. The third-order valence-corrected chi connectivity index (χ3v) is 8.15. The van der Waals surface area contributed by atoms with E-state index in [0.717, 1.165) is 9.37 Å². The molecule has 0 N–H and O–H groups in total. The molecule has 1 aliphatic carbocycles. The fourth-order valence-electron chi connectivity index (χ4n) is 5.35. The van der Waals surface area contributed by atoms with Crippen molar-refractivity contribution in [2.24, 2.45) is 11.8 Å². The molecule has 0 aromatic heterocycles. The summed E-state index contributed by atoms with van der Waals surface area (Å²) in [5, 5.41) is 0.427. The molecule has 0 saturated carbocycles. The van der Waals surface area contributed by atoms with Crippen molar-refractivity contribution in [3.8, 4) is 0 Å². The minimum atomic E-state index is -2.12. The number of imide groups is 1. The van der Waals surface area contributed by atoms with Gasteiger partial charge in [0.25, 0.3) is 0 Å². The van der Waals surface area contributed by atoms with E-state index in [9.17, 15) is 19.2 Å². The molecule has 3 atom stereocenters.